The second-order valence-corrected chi connectivity index (χ2v) is 7.58. The van der Waals surface area contributed by atoms with Crippen molar-refractivity contribution < 1.29 is 4.79 Å². The van der Waals surface area contributed by atoms with Gasteiger partial charge >= 0.3 is 0 Å². The van der Waals surface area contributed by atoms with Gasteiger partial charge in [0.05, 0.1) is 0 Å². The van der Waals surface area contributed by atoms with Crippen molar-refractivity contribution in [2.75, 3.05) is 0 Å². The first-order valence-corrected chi connectivity index (χ1v) is 11.5. The third-order valence-corrected chi connectivity index (χ3v) is 5.01. The van der Waals surface area contributed by atoms with Crippen molar-refractivity contribution in [2.45, 2.75) is 129 Å². The summed E-state index contributed by atoms with van der Waals surface area (Å²) in [6.45, 7) is 2.28. The van der Waals surface area contributed by atoms with Gasteiger partial charge < -0.3 is 5.23 Å². The fourth-order valence-corrected chi connectivity index (χ4v) is 3.21. The van der Waals surface area contributed by atoms with Crippen molar-refractivity contribution in [1.29, 1.82) is 0 Å². The molecule has 1 N–H and O–H groups in total. The third-order valence-electron chi connectivity index (χ3n) is 5.01. The van der Waals surface area contributed by atoms with Gasteiger partial charge in [0.15, 0.2) is 0 Å². The number of nitrogens with one attached hydrogen (secondary N) is 1. The monoisotopic (exact) mass is 361 g/mol. The van der Waals surface area contributed by atoms with Crippen molar-refractivity contribution in [2.24, 2.45) is 0 Å². The zero-order valence-electron chi connectivity index (χ0n) is 17.8. The Labute approximate surface area is 165 Å². The van der Waals surface area contributed by atoms with Gasteiger partial charge in [-0.2, -0.15) is 0 Å². The molecule has 0 radical (unpaired) electrons. The van der Waals surface area contributed by atoms with Crippen LogP contribution < -0.4 is 5.23 Å². The largest absolute Gasteiger partial charge is 0.406 e. The fourth-order valence-electron chi connectivity index (χ4n) is 3.21. The van der Waals surface area contributed by atoms with E-state index >= 15 is 0 Å². The highest BCUT2D eigenvalue weighted by molar-refractivity contribution is 6.14. The summed E-state index contributed by atoms with van der Waals surface area (Å²) in [7, 11) is 1.71. The highest BCUT2D eigenvalue weighted by Gasteiger charge is 1.97. The van der Waals surface area contributed by atoms with Gasteiger partial charge in [-0.1, -0.05) is 90.4 Å². The number of hydrogen-bond donors (Lipinski definition) is 1. The predicted molar refractivity (Wildman–Crippen MR) is 118 cm³/mol. The minimum atomic E-state index is 0.169. The summed E-state index contributed by atoms with van der Waals surface area (Å²) in [5.41, 5.74) is 0. The quantitative estimate of drug-likeness (QED) is 0.179. The SMILES string of the molecule is BNC(=O)CCCCCCCCC#CCCCCCCCCCCCC. The summed E-state index contributed by atoms with van der Waals surface area (Å²) in [4.78, 5) is 11.1. The van der Waals surface area contributed by atoms with Crippen molar-refractivity contribution in [1.82, 2.24) is 5.23 Å². The lowest BCUT2D eigenvalue weighted by Gasteiger charge is -2.01. The summed E-state index contributed by atoms with van der Waals surface area (Å²) < 4.78 is 0. The molecule has 0 spiro atoms. The second-order valence-electron chi connectivity index (χ2n) is 7.58. The second kappa shape index (κ2) is 22.1. The molecule has 0 bridgehead atoms. The summed E-state index contributed by atoms with van der Waals surface area (Å²) in [6, 6.07) is 0. The van der Waals surface area contributed by atoms with E-state index in [0.29, 0.717) is 6.42 Å². The van der Waals surface area contributed by atoms with E-state index < -0.39 is 0 Å². The molecule has 0 heterocycles. The van der Waals surface area contributed by atoms with Gasteiger partial charge in [-0.05, 0) is 19.3 Å². The summed E-state index contributed by atoms with van der Waals surface area (Å²) >= 11 is 0. The number of rotatable bonds is 18. The maximum Gasteiger partial charge on any atom is 0.217 e. The number of carbonyl (C=O) groups excluding carboxylic acids is 1. The van der Waals surface area contributed by atoms with Gasteiger partial charge in [0.25, 0.3) is 0 Å². The third kappa shape index (κ3) is 21.1. The molecule has 0 aliphatic heterocycles. The summed E-state index contributed by atoms with van der Waals surface area (Å²) in [5, 5.41) is 2.67. The molecule has 150 valence electrons. The van der Waals surface area contributed by atoms with Crippen LogP contribution >= 0.6 is 0 Å². The van der Waals surface area contributed by atoms with Crippen LogP contribution in [0.5, 0.6) is 0 Å². The summed E-state index contributed by atoms with van der Waals surface area (Å²) in [5.74, 6) is 6.85. The standard InChI is InChI=1S/C23H44BNO/c1-2-3-4-5-6-7-8-9-10-11-12-13-14-15-16-17-18-19-20-21-22-23(26)25-24/h2-12,15-22,24H2,1H3,(H,25,26). The van der Waals surface area contributed by atoms with E-state index in [0.717, 1.165) is 19.3 Å². The van der Waals surface area contributed by atoms with E-state index in [1.165, 1.54) is 96.3 Å². The van der Waals surface area contributed by atoms with Crippen LogP contribution in [0, 0.1) is 11.8 Å². The predicted octanol–water partition coefficient (Wildman–Crippen LogP) is 6.09. The van der Waals surface area contributed by atoms with Crippen LogP contribution in [0.15, 0.2) is 0 Å². The Morgan fingerprint density at radius 3 is 1.46 bits per heavy atom. The lowest BCUT2D eigenvalue weighted by molar-refractivity contribution is -0.119. The van der Waals surface area contributed by atoms with E-state index in [1.807, 2.05) is 0 Å². The first-order valence-electron chi connectivity index (χ1n) is 11.5. The smallest absolute Gasteiger partial charge is 0.217 e. The Balaban J connectivity index is 3.13. The Hall–Kier alpha value is -0.905. The molecule has 26 heavy (non-hydrogen) atoms. The fraction of sp³-hybridized carbons (Fsp3) is 0.870. The molecule has 0 aromatic carbocycles. The molecule has 0 saturated heterocycles. The molecule has 0 atom stereocenters. The van der Waals surface area contributed by atoms with Gasteiger partial charge in [-0.3, -0.25) is 4.79 Å². The Morgan fingerprint density at radius 2 is 1.04 bits per heavy atom. The molecule has 0 fully saturated rings. The number of unbranched alkanes of at least 4 members (excludes halogenated alkanes) is 16. The average molecular weight is 361 g/mol. The van der Waals surface area contributed by atoms with Gasteiger partial charge in [0.2, 0.25) is 13.9 Å². The van der Waals surface area contributed by atoms with E-state index in [2.05, 4.69) is 24.0 Å². The van der Waals surface area contributed by atoms with Crippen molar-refractivity contribution in [3.05, 3.63) is 0 Å². The van der Waals surface area contributed by atoms with E-state index in [1.54, 1.807) is 7.98 Å². The molecule has 0 aliphatic rings. The minimum Gasteiger partial charge on any atom is -0.406 e. The highest BCUT2D eigenvalue weighted by atomic mass is 16.1. The Bertz CT molecular complexity index is 359. The highest BCUT2D eigenvalue weighted by Crippen LogP contribution is 2.11. The molecule has 0 aliphatic carbocycles. The van der Waals surface area contributed by atoms with Crippen molar-refractivity contribution in [3.8, 4) is 11.8 Å². The Morgan fingerprint density at radius 1 is 0.654 bits per heavy atom. The van der Waals surface area contributed by atoms with Crippen LogP contribution in [0.3, 0.4) is 0 Å². The molecule has 0 rings (SSSR count). The number of hydrogen-bond acceptors (Lipinski definition) is 1. The zero-order chi connectivity index (χ0) is 19.1. The van der Waals surface area contributed by atoms with Crippen LogP contribution in [0.1, 0.15) is 129 Å². The van der Waals surface area contributed by atoms with Crippen LogP contribution in [-0.2, 0) is 4.79 Å². The maximum atomic E-state index is 11.1. The maximum absolute atomic E-state index is 11.1. The van der Waals surface area contributed by atoms with Crippen molar-refractivity contribution in [3.63, 3.8) is 0 Å². The number of carbonyl (C=O) groups is 1. The molecular weight excluding hydrogens is 317 g/mol. The minimum absolute atomic E-state index is 0.169. The first kappa shape index (κ1) is 25.1. The van der Waals surface area contributed by atoms with Crippen LogP contribution in [-0.4, -0.2) is 13.9 Å². The van der Waals surface area contributed by atoms with Crippen LogP contribution in [0.4, 0.5) is 0 Å². The van der Waals surface area contributed by atoms with Crippen LogP contribution in [0.2, 0.25) is 0 Å². The lowest BCUT2D eigenvalue weighted by Crippen LogP contribution is -2.18. The molecule has 0 unspecified atom stereocenters. The summed E-state index contributed by atoms with van der Waals surface area (Å²) in [6.07, 6.45) is 24.1. The van der Waals surface area contributed by atoms with Gasteiger partial charge in [0, 0.05) is 19.3 Å². The van der Waals surface area contributed by atoms with E-state index in [4.69, 9.17) is 0 Å². The average Bonchev–Trinajstić information content (AvgIpc) is 2.66. The Kier molecular flexibility index (Phi) is 21.4. The molecule has 2 nitrogen and oxygen atoms in total. The molecule has 1 amide bonds. The molecule has 3 heteroatoms. The van der Waals surface area contributed by atoms with E-state index in [-0.39, 0.29) is 5.91 Å². The van der Waals surface area contributed by atoms with Gasteiger partial charge in [-0.15, -0.1) is 11.8 Å². The van der Waals surface area contributed by atoms with Gasteiger partial charge in [-0.25, -0.2) is 0 Å². The molecule has 0 aromatic heterocycles. The molecular formula is C23H44BNO. The zero-order valence-corrected chi connectivity index (χ0v) is 17.8. The molecule has 0 aromatic rings. The topological polar surface area (TPSA) is 29.1 Å². The normalized spacial score (nSPS) is 10.3. The van der Waals surface area contributed by atoms with E-state index in [9.17, 15) is 4.79 Å². The first-order chi connectivity index (χ1) is 12.8. The lowest BCUT2D eigenvalue weighted by atomic mass is 10.1. The van der Waals surface area contributed by atoms with Crippen molar-refractivity contribution >= 4 is 13.9 Å². The molecule has 0 saturated carbocycles. The number of amides is 1. The van der Waals surface area contributed by atoms with Gasteiger partial charge in [0.1, 0.15) is 0 Å². The van der Waals surface area contributed by atoms with Crippen LogP contribution in [0.25, 0.3) is 0 Å².